The maximum Gasteiger partial charge on any atom is 0.339 e. The summed E-state index contributed by atoms with van der Waals surface area (Å²) in [5.41, 5.74) is -2.53. The number of cyclic esters (lactones) is 1. The maximum absolute atomic E-state index is 13.3. The van der Waals surface area contributed by atoms with E-state index in [1.807, 2.05) is 6.07 Å². The highest BCUT2D eigenvalue weighted by molar-refractivity contribution is 5.82. The quantitative estimate of drug-likeness (QED) is 0.466. The topological polar surface area (TPSA) is 119 Å². The van der Waals surface area contributed by atoms with Crippen molar-refractivity contribution in [2.75, 3.05) is 0 Å². The fourth-order valence-corrected chi connectivity index (χ4v) is 9.83. The van der Waals surface area contributed by atoms with Gasteiger partial charge >= 0.3 is 11.9 Å². The number of rotatable bonds is 2. The first-order valence-corrected chi connectivity index (χ1v) is 13.2. The molecule has 2 N–H and O–H groups in total. The molecule has 2 aliphatic heterocycles. The first kappa shape index (κ1) is 24.4. The first-order chi connectivity index (χ1) is 16.8. The number of furan rings is 1. The molecular formula is C28H38O8. The number of esters is 2. The molecule has 0 aromatic carbocycles. The van der Waals surface area contributed by atoms with Crippen LogP contribution in [-0.4, -0.2) is 52.2 Å². The van der Waals surface area contributed by atoms with E-state index in [4.69, 9.17) is 18.6 Å². The van der Waals surface area contributed by atoms with Gasteiger partial charge in [0, 0.05) is 35.2 Å². The van der Waals surface area contributed by atoms with Crippen molar-refractivity contribution in [2.24, 2.45) is 33.5 Å². The van der Waals surface area contributed by atoms with Crippen molar-refractivity contribution in [2.45, 2.75) is 103 Å². The predicted octanol–water partition coefficient (Wildman–Crippen LogP) is 3.55. The Morgan fingerprint density at radius 1 is 1.06 bits per heavy atom. The number of fused-ring (bicyclic) bond motifs is 3. The van der Waals surface area contributed by atoms with E-state index in [9.17, 15) is 19.8 Å². The third-order valence-corrected chi connectivity index (χ3v) is 11.7. The highest BCUT2D eigenvalue weighted by Gasteiger charge is 2.89. The van der Waals surface area contributed by atoms with E-state index < -0.39 is 63.8 Å². The van der Waals surface area contributed by atoms with Gasteiger partial charge in [0.1, 0.15) is 17.8 Å². The highest BCUT2D eigenvalue weighted by atomic mass is 16.7. The molecule has 0 amide bonds. The lowest BCUT2D eigenvalue weighted by Crippen LogP contribution is -2.75. The Hall–Kier alpha value is -1.90. The summed E-state index contributed by atoms with van der Waals surface area (Å²) in [4.78, 5) is 25.7. The van der Waals surface area contributed by atoms with Crippen molar-refractivity contribution in [3.63, 3.8) is 0 Å². The van der Waals surface area contributed by atoms with Crippen LogP contribution in [0.25, 0.3) is 0 Å². The summed E-state index contributed by atoms with van der Waals surface area (Å²) in [6, 6.07) is 1.82. The summed E-state index contributed by atoms with van der Waals surface area (Å²) in [6.07, 6.45) is 2.15. The Labute approximate surface area is 211 Å². The third kappa shape index (κ3) is 2.56. The lowest BCUT2D eigenvalue weighted by Gasteiger charge is -2.71. The molecule has 0 bridgehead atoms. The van der Waals surface area contributed by atoms with Crippen LogP contribution in [0.3, 0.4) is 0 Å². The van der Waals surface area contributed by atoms with Gasteiger partial charge in [0.05, 0.1) is 24.7 Å². The molecule has 1 aromatic rings. The zero-order chi connectivity index (χ0) is 26.1. The molecule has 8 heteroatoms. The zero-order valence-corrected chi connectivity index (χ0v) is 21.9. The SMILES string of the molecule is CC(=O)OC1CC2C(C)(C)C(O)CC(O)C2(C)C2CCC3(C)C(c4ccoc4)OC(=O)C4OC43C12C. The van der Waals surface area contributed by atoms with Crippen LogP contribution in [0.15, 0.2) is 23.0 Å². The minimum absolute atomic E-state index is 0.0932. The van der Waals surface area contributed by atoms with Gasteiger partial charge in [-0.2, -0.15) is 0 Å². The molecule has 11 unspecified atom stereocenters. The molecule has 5 fully saturated rings. The van der Waals surface area contributed by atoms with Crippen molar-refractivity contribution in [3.8, 4) is 0 Å². The molecule has 36 heavy (non-hydrogen) atoms. The molecule has 3 saturated carbocycles. The van der Waals surface area contributed by atoms with Crippen LogP contribution in [0.1, 0.15) is 78.9 Å². The number of aliphatic hydroxyl groups excluding tert-OH is 2. The highest BCUT2D eigenvalue weighted by Crippen LogP contribution is 2.80. The van der Waals surface area contributed by atoms with Crippen LogP contribution in [-0.2, 0) is 23.8 Å². The van der Waals surface area contributed by atoms with Gasteiger partial charge < -0.3 is 28.8 Å². The van der Waals surface area contributed by atoms with Crippen molar-refractivity contribution in [1.82, 2.24) is 0 Å². The van der Waals surface area contributed by atoms with Crippen LogP contribution >= 0.6 is 0 Å². The molecule has 5 aliphatic rings. The number of epoxide rings is 1. The molecule has 3 aliphatic carbocycles. The van der Waals surface area contributed by atoms with Gasteiger partial charge in [0.2, 0.25) is 0 Å². The Morgan fingerprint density at radius 2 is 1.78 bits per heavy atom. The van der Waals surface area contributed by atoms with E-state index in [0.717, 1.165) is 12.0 Å². The third-order valence-electron chi connectivity index (χ3n) is 11.7. The van der Waals surface area contributed by atoms with Crippen LogP contribution in [0.4, 0.5) is 0 Å². The van der Waals surface area contributed by atoms with E-state index in [0.29, 0.717) is 19.3 Å². The molecular weight excluding hydrogens is 464 g/mol. The average Bonchev–Trinajstić information content (AvgIpc) is 3.36. The molecule has 1 aromatic heterocycles. The Balaban J connectivity index is 1.55. The lowest BCUT2D eigenvalue weighted by molar-refractivity contribution is -0.295. The monoisotopic (exact) mass is 502 g/mol. The Kier molecular flexibility index (Phi) is 4.85. The van der Waals surface area contributed by atoms with Gasteiger partial charge in [-0.05, 0) is 42.6 Å². The largest absolute Gasteiger partial charge is 0.472 e. The summed E-state index contributed by atoms with van der Waals surface area (Å²) < 4.78 is 24.0. The fourth-order valence-electron chi connectivity index (χ4n) is 9.83. The van der Waals surface area contributed by atoms with E-state index in [1.54, 1.807) is 12.5 Å². The normalized spacial score (nSPS) is 52.7. The fraction of sp³-hybridized carbons (Fsp3) is 0.786. The van der Waals surface area contributed by atoms with Crippen LogP contribution in [0.5, 0.6) is 0 Å². The standard InChI is InChI=1S/C28H38O8/c1-14(29)34-20-11-17-24(2,3)18(30)12-19(31)26(17,5)16-7-9-25(4)21(15-8-10-33-13-15)35-23(32)22-28(25,36-22)27(16,20)6/h8,10,13,16-22,30-31H,7,9,11-12H2,1-6H3. The molecule has 198 valence electrons. The summed E-state index contributed by atoms with van der Waals surface area (Å²) in [6.45, 7) is 11.9. The van der Waals surface area contributed by atoms with Gasteiger partial charge in [-0.25, -0.2) is 4.79 Å². The maximum atomic E-state index is 13.3. The van der Waals surface area contributed by atoms with Gasteiger partial charge in [-0.3, -0.25) is 4.79 Å². The van der Waals surface area contributed by atoms with Crippen molar-refractivity contribution in [3.05, 3.63) is 24.2 Å². The molecule has 8 nitrogen and oxygen atoms in total. The molecule has 3 heterocycles. The predicted molar refractivity (Wildman–Crippen MR) is 126 cm³/mol. The summed E-state index contributed by atoms with van der Waals surface area (Å²) >= 11 is 0. The van der Waals surface area contributed by atoms with Gasteiger partial charge in [-0.1, -0.05) is 34.6 Å². The summed E-state index contributed by atoms with van der Waals surface area (Å²) in [5.74, 6) is -0.994. The van der Waals surface area contributed by atoms with Gasteiger partial charge in [-0.15, -0.1) is 0 Å². The smallest absolute Gasteiger partial charge is 0.339 e. The van der Waals surface area contributed by atoms with Gasteiger partial charge in [0.25, 0.3) is 0 Å². The molecule has 1 spiro atoms. The minimum Gasteiger partial charge on any atom is -0.472 e. The summed E-state index contributed by atoms with van der Waals surface area (Å²) in [7, 11) is 0. The van der Waals surface area contributed by atoms with Crippen LogP contribution < -0.4 is 0 Å². The molecule has 0 radical (unpaired) electrons. The second kappa shape index (κ2) is 7.14. The Bertz CT molecular complexity index is 1100. The van der Waals surface area contributed by atoms with Gasteiger partial charge in [0.15, 0.2) is 6.10 Å². The average molecular weight is 503 g/mol. The number of ether oxygens (including phenoxy) is 3. The second-order valence-corrected chi connectivity index (χ2v) is 13.2. The van der Waals surface area contributed by atoms with E-state index in [2.05, 4.69) is 34.6 Å². The second-order valence-electron chi connectivity index (χ2n) is 13.2. The summed E-state index contributed by atoms with van der Waals surface area (Å²) in [5, 5.41) is 22.6. The zero-order valence-electron chi connectivity index (χ0n) is 21.9. The minimum atomic E-state index is -0.922. The van der Waals surface area contributed by atoms with E-state index >= 15 is 0 Å². The number of carbonyl (C=O) groups excluding carboxylic acids is 2. The van der Waals surface area contributed by atoms with Crippen LogP contribution in [0, 0.1) is 33.5 Å². The molecule has 6 rings (SSSR count). The molecule has 2 saturated heterocycles. The number of carbonyl (C=O) groups is 2. The number of hydrogen-bond acceptors (Lipinski definition) is 8. The Morgan fingerprint density at radius 3 is 2.42 bits per heavy atom. The van der Waals surface area contributed by atoms with E-state index in [-0.39, 0.29) is 17.8 Å². The van der Waals surface area contributed by atoms with Crippen molar-refractivity contribution < 1.29 is 38.4 Å². The van der Waals surface area contributed by atoms with Crippen molar-refractivity contribution >= 4 is 11.9 Å². The first-order valence-electron chi connectivity index (χ1n) is 13.2. The number of aliphatic hydroxyl groups is 2. The molecule has 11 atom stereocenters. The van der Waals surface area contributed by atoms with Crippen LogP contribution in [0.2, 0.25) is 0 Å². The number of hydrogen-bond donors (Lipinski definition) is 2. The lowest BCUT2D eigenvalue weighted by atomic mass is 9.34. The van der Waals surface area contributed by atoms with Crippen molar-refractivity contribution in [1.29, 1.82) is 0 Å². The van der Waals surface area contributed by atoms with E-state index in [1.165, 1.54) is 6.92 Å².